The van der Waals surface area contributed by atoms with Crippen molar-refractivity contribution in [3.8, 4) is 6.07 Å². The SMILES string of the molecule is Cc1cc(C(=O)NCCN2CCOCC2)nc(Nc2ccccc2C#N)n1. The number of aromatic nitrogens is 2. The van der Waals surface area contributed by atoms with Gasteiger partial charge >= 0.3 is 0 Å². The lowest BCUT2D eigenvalue weighted by Crippen LogP contribution is -2.41. The number of aryl methyl sites for hydroxylation is 1. The molecule has 8 nitrogen and oxygen atoms in total. The van der Waals surface area contributed by atoms with Gasteiger partial charge in [0.25, 0.3) is 5.91 Å². The Bertz CT molecular complexity index is 842. The highest BCUT2D eigenvalue weighted by atomic mass is 16.5. The molecule has 2 aromatic rings. The monoisotopic (exact) mass is 366 g/mol. The summed E-state index contributed by atoms with van der Waals surface area (Å²) in [6, 6.07) is 10.8. The molecule has 0 aliphatic carbocycles. The van der Waals surface area contributed by atoms with E-state index in [0.29, 0.717) is 29.2 Å². The van der Waals surface area contributed by atoms with Gasteiger partial charge in [0.15, 0.2) is 0 Å². The molecule has 27 heavy (non-hydrogen) atoms. The van der Waals surface area contributed by atoms with Gasteiger partial charge in [-0.1, -0.05) is 12.1 Å². The predicted molar refractivity (Wildman–Crippen MR) is 101 cm³/mol. The van der Waals surface area contributed by atoms with Crippen LogP contribution in [-0.2, 0) is 4.74 Å². The summed E-state index contributed by atoms with van der Waals surface area (Å²) in [5.41, 5.74) is 2.05. The Morgan fingerprint density at radius 1 is 1.30 bits per heavy atom. The second kappa shape index (κ2) is 9.07. The number of benzene rings is 1. The van der Waals surface area contributed by atoms with Crippen LogP contribution in [0.1, 0.15) is 21.7 Å². The van der Waals surface area contributed by atoms with Crippen LogP contribution < -0.4 is 10.6 Å². The molecule has 1 aromatic carbocycles. The van der Waals surface area contributed by atoms with Crippen LogP contribution >= 0.6 is 0 Å². The van der Waals surface area contributed by atoms with Crippen LogP contribution in [0.2, 0.25) is 0 Å². The van der Waals surface area contributed by atoms with Crippen molar-refractivity contribution in [3.05, 3.63) is 47.3 Å². The Kier molecular flexibility index (Phi) is 6.30. The van der Waals surface area contributed by atoms with Gasteiger partial charge in [0.1, 0.15) is 11.8 Å². The van der Waals surface area contributed by atoms with Gasteiger partial charge in [0, 0.05) is 31.9 Å². The van der Waals surface area contributed by atoms with E-state index in [4.69, 9.17) is 4.74 Å². The summed E-state index contributed by atoms with van der Waals surface area (Å²) in [6.07, 6.45) is 0. The quantitative estimate of drug-likeness (QED) is 0.798. The Morgan fingerprint density at radius 2 is 2.07 bits per heavy atom. The minimum absolute atomic E-state index is 0.245. The second-order valence-electron chi connectivity index (χ2n) is 6.21. The van der Waals surface area contributed by atoms with E-state index in [2.05, 4.69) is 31.6 Å². The van der Waals surface area contributed by atoms with E-state index in [0.717, 1.165) is 32.8 Å². The second-order valence-corrected chi connectivity index (χ2v) is 6.21. The van der Waals surface area contributed by atoms with E-state index < -0.39 is 0 Å². The summed E-state index contributed by atoms with van der Waals surface area (Å²) >= 11 is 0. The third-order valence-electron chi connectivity index (χ3n) is 4.20. The number of ether oxygens (including phenoxy) is 1. The molecule has 1 saturated heterocycles. The Hall–Kier alpha value is -3.02. The number of morpholine rings is 1. The van der Waals surface area contributed by atoms with Crippen molar-refractivity contribution in [2.24, 2.45) is 0 Å². The maximum atomic E-state index is 12.4. The van der Waals surface area contributed by atoms with E-state index >= 15 is 0 Å². The third kappa shape index (κ3) is 5.23. The molecule has 0 saturated carbocycles. The van der Waals surface area contributed by atoms with Gasteiger partial charge < -0.3 is 15.4 Å². The molecule has 1 aliphatic rings. The lowest BCUT2D eigenvalue weighted by Gasteiger charge is -2.26. The molecule has 2 N–H and O–H groups in total. The minimum atomic E-state index is -0.245. The van der Waals surface area contributed by atoms with Gasteiger partial charge in [-0.15, -0.1) is 0 Å². The Balaban J connectivity index is 1.63. The number of amides is 1. The fourth-order valence-electron chi connectivity index (χ4n) is 2.79. The number of carbonyl (C=O) groups is 1. The fourth-order valence-corrected chi connectivity index (χ4v) is 2.79. The zero-order chi connectivity index (χ0) is 19.1. The first-order valence-corrected chi connectivity index (χ1v) is 8.86. The van der Waals surface area contributed by atoms with E-state index in [1.54, 1.807) is 31.2 Å². The summed E-state index contributed by atoms with van der Waals surface area (Å²) < 4.78 is 5.32. The fraction of sp³-hybridized carbons (Fsp3) is 0.368. The standard InChI is InChI=1S/C19H22N6O2/c1-14-12-17(18(26)21-6-7-25-8-10-27-11-9-25)24-19(22-14)23-16-5-3-2-4-15(16)13-20/h2-5,12H,6-11H2,1H3,(H,21,26)(H,22,23,24). The maximum Gasteiger partial charge on any atom is 0.270 e. The van der Waals surface area contributed by atoms with Crippen molar-refractivity contribution >= 4 is 17.5 Å². The maximum absolute atomic E-state index is 12.4. The van der Waals surface area contributed by atoms with Crippen LogP contribution in [0.3, 0.4) is 0 Å². The predicted octanol–water partition coefficient (Wildman–Crippen LogP) is 1.46. The molecule has 0 unspecified atom stereocenters. The van der Waals surface area contributed by atoms with Crippen LogP contribution in [0.25, 0.3) is 0 Å². The minimum Gasteiger partial charge on any atom is -0.379 e. The number of nitrogens with one attached hydrogen (secondary N) is 2. The number of carbonyl (C=O) groups excluding carboxylic acids is 1. The number of anilines is 2. The lowest BCUT2D eigenvalue weighted by atomic mass is 10.2. The number of hydrogen-bond acceptors (Lipinski definition) is 7. The highest BCUT2D eigenvalue weighted by Crippen LogP contribution is 2.18. The van der Waals surface area contributed by atoms with Crippen molar-refractivity contribution in [1.82, 2.24) is 20.2 Å². The van der Waals surface area contributed by atoms with Crippen LogP contribution in [0, 0.1) is 18.3 Å². The average Bonchev–Trinajstić information content (AvgIpc) is 2.68. The number of nitriles is 1. The molecule has 0 atom stereocenters. The number of rotatable bonds is 6. The third-order valence-corrected chi connectivity index (χ3v) is 4.20. The summed E-state index contributed by atoms with van der Waals surface area (Å²) in [5.74, 6) is 0.0430. The largest absolute Gasteiger partial charge is 0.379 e. The van der Waals surface area contributed by atoms with E-state index in [1.807, 2.05) is 6.07 Å². The summed E-state index contributed by atoms with van der Waals surface area (Å²) in [5, 5.41) is 15.1. The number of para-hydroxylation sites is 1. The molecule has 1 amide bonds. The van der Waals surface area contributed by atoms with E-state index in [1.165, 1.54) is 0 Å². The van der Waals surface area contributed by atoms with E-state index in [9.17, 15) is 10.1 Å². The van der Waals surface area contributed by atoms with Gasteiger partial charge in [-0.05, 0) is 25.1 Å². The molecule has 0 spiro atoms. The summed E-state index contributed by atoms with van der Waals surface area (Å²) in [7, 11) is 0. The van der Waals surface area contributed by atoms with Gasteiger partial charge in [0.2, 0.25) is 5.95 Å². The highest BCUT2D eigenvalue weighted by molar-refractivity contribution is 5.92. The summed E-state index contributed by atoms with van der Waals surface area (Å²) in [6.45, 7) is 6.36. The van der Waals surface area contributed by atoms with Crippen LogP contribution in [-0.4, -0.2) is 60.2 Å². The zero-order valence-corrected chi connectivity index (χ0v) is 15.2. The molecule has 8 heteroatoms. The first-order chi connectivity index (χ1) is 13.2. The molecule has 0 bridgehead atoms. The van der Waals surface area contributed by atoms with Crippen molar-refractivity contribution in [2.75, 3.05) is 44.7 Å². The summed E-state index contributed by atoms with van der Waals surface area (Å²) in [4.78, 5) is 23.3. The van der Waals surface area contributed by atoms with Crippen molar-refractivity contribution in [1.29, 1.82) is 5.26 Å². The van der Waals surface area contributed by atoms with Crippen molar-refractivity contribution in [2.45, 2.75) is 6.92 Å². The van der Waals surface area contributed by atoms with Crippen LogP contribution in [0.5, 0.6) is 0 Å². The number of hydrogen-bond donors (Lipinski definition) is 2. The molecule has 1 fully saturated rings. The topological polar surface area (TPSA) is 103 Å². The molecule has 3 rings (SSSR count). The molecule has 140 valence electrons. The smallest absolute Gasteiger partial charge is 0.270 e. The molecule has 1 aromatic heterocycles. The molecular formula is C19H22N6O2. The normalized spacial score (nSPS) is 14.4. The van der Waals surface area contributed by atoms with Gasteiger partial charge in [-0.3, -0.25) is 9.69 Å². The number of nitrogens with zero attached hydrogens (tertiary/aromatic N) is 4. The molecule has 1 aliphatic heterocycles. The average molecular weight is 366 g/mol. The highest BCUT2D eigenvalue weighted by Gasteiger charge is 2.13. The van der Waals surface area contributed by atoms with Crippen molar-refractivity contribution < 1.29 is 9.53 Å². The Labute approximate surface area is 158 Å². The van der Waals surface area contributed by atoms with Crippen LogP contribution in [0.15, 0.2) is 30.3 Å². The van der Waals surface area contributed by atoms with Gasteiger partial charge in [-0.2, -0.15) is 5.26 Å². The van der Waals surface area contributed by atoms with Crippen LogP contribution in [0.4, 0.5) is 11.6 Å². The zero-order valence-electron chi connectivity index (χ0n) is 15.2. The Morgan fingerprint density at radius 3 is 2.85 bits per heavy atom. The van der Waals surface area contributed by atoms with Gasteiger partial charge in [-0.25, -0.2) is 9.97 Å². The van der Waals surface area contributed by atoms with Gasteiger partial charge in [0.05, 0.1) is 24.5 Å². The molecular weight excluding hydrogens is 344 g/mol. The first kappa shape index (κ1) is 18.8. The first-order valence-electron chi connectivity index (χ1n) is 8.86. The molecule has 2 heterocycles. The van der Waals surface area contributed by atoms with E-state index in [-0.39, 0.29) is 11.9 Å². The van der Waals surface area contributed by atoms with Crippen molar-refractivity contribution in [3.63, 3.8) is 0 Å². The lowest BCUT2D eigenvalue weighted by molar-refractivity contribution is 0.0383. The molecule has 0 radical (unpaired) electrons.